The summed E-state index contributed by atoms with van der Waals surface area (Å²) < 4.78 is 55.4. The second-order valence-electron chi connectivity index (χ2n) is 7.41. The van der Waals surface area contributed by atoms with Gasteiger partial charge in [0, 0.05) is 30.4 Å². The van der Waals surface area contributed by atoms with Crippen LogP contribution >= 0.6 is 0 Å². The van der Waals surface area contributed by atoms with Gasteiger partial charge in [-0.25, -0.2) is 4.39 Å². The van der Waals surface area contributed by atoms with Crippen LogP contribution in [0.15, 0.2) is 42.5 Å². The van der Waals surface area contributed by atoms with E-state index in [9.17, 15) is 18.0 Å². The van der Waals surface area contributed by atoms with Crippen molar-refractivity contribution >= 4 is 23.4 Å². The number of ether oxygens (including phenoxy) is 3. The number of methoxy groups -OCH3 is 1. The highest BCUT2D eigenvalue weighted by Crippen LogP contribution is 2.33. The molecular weight excluding hydrogens is 425 g/mol. The number of amides is 1. The first-order valence-electron chi connectivity index (χ1n) is 10.1. The van der Waals surface area contributed by atoms with Crippen LogP contribution in [0.1, 0.15) is 19.4 Å². The van der Waals surface area contributed by atoms with Crippen LogP contribution in [-0.4, -0.2) is 44.9 Å². The number of morpholine rings is 1. The molecule has 9 heteroatoms. The van der Waals surface area contributed by atoms with Crippen molar-refractivity contribution in [2.24, 2.45) is 0 Å². The van der Waals surface area contributed by atoms with Crippen molar-refractivity contribution in [3.63, 3.8) is 0 Å². The second-order valence-corrected chi connectivity index (χ2v) is 7.41. The molecule has 2 unspecified atom stereocenters. The first-order valence-corrected chi connectivity index (χ1v) is 10.1. The maximum atomic E-state index is 14.7. The summed E-state index contributed by atoms with van der Waals surface area (Å²) >= 11 is 0. The maximum Gasteiger partial charge on any atom is 0.387 e. The number of nitrogens with zero attached hydrogens (tertiary/aromatic N) is 1. The lowest BCUT2D eigenvalue weighted by Gasteiger charge is -2.37. The molecule has 2 aromatic carbocycles. The minimum Gasteiger partial charge on any atom is -0.493 e. The number of benzene rings is 2. The third-order valence-electron chi connectivity index (χ3n) is 4.83. The molecule has 3 rings (SSSR count). The molecule has 1 aliphatic heterocycles. The zero-order chi connectivity index (χ0) is 23.3. The van der Waals surface area contributed by atoms with Gasteiger partial charge in [0.15, 0.2) is 11.5 Å². The standard InChI is InChI=1S/C23H25F3N2O4/c1-14-12-28(13-15(2)31-14)19-9-8-17(11-18(19)24)27-21(29)10-7-16-5-4-6-20(30-3)22(16)32-23(25)26/h4-11,14-15,23H,12-13H2,1-3H3,(H,27,29)/b10-7+. The molecule has 0 spiro atoms. The molecule has 2 atom stereocenters. The molecule has 0 aromatic heterocycles. The number of para-hydroxylation sites is 1. The van der Waals surface area contributed by atoms with Gasteiger partial charge in [0.25, 0.3) is 0 Å². The summed E-state index contributed by atoms with van der Waals surface area (Å²) in [6, 6.07) is 9.00. The van der Waals surface area contributed by atoms with Crippen molar-refractivity contribution in [3.8, 4) is 11.5 Å². The number of carbonyl (C=O) groups excluding carboxylic acids is 1. The lowest BCUT2D eigenvalue weighted by Crippen LogP contribution is -2.45. The summed E-state index contributed by atoms with van der Waals surface area (Å²) in [5.74, 6) is -1.10. The Morgan fingerprint density at radius 3 is 2.56 bits per heavy atom. The van der Waals surface area contributed by atoms with Crippen LogP contribution < -0.4 is 19.7 Å². The first-order chi connectivity index (χ1) is 15.3. The maximum absolute atomic E-state index is 14.7. The van der Waals surface area contributed by atoms with Crippen LogP contribution in [0, 0.1) is 5.82 Å². The number of alkyl halides is 2. The number of hydrogen-bond donors (Lipinski definition) is 1. The minimum atomic E-state index is -3.05. The number of anilines is 2. The third kappa shape index (κ3) is 5.94. The molecule has 1 N–H and O–H groups in total. The van der Waals surface area contributed by atoms with Gasteiger partial charge in [-0.05, 0) is 44.2 Å². The number of hydrogen-bond acceptors (Lipinski definition) is 5. The molecule has 32 heavy (non-hydrogen) atoms. The van der Waals surface area contributed by atoms with Crippen molar-refractivity contribution in [2.45, 2.75) is 32.7 Å². The smallest absolute Gasteiger partial charge is 0.387 e. The van der Waals surface area contributed by atoms with Crippen LogP contribution in [0.3, 0.4) is 0 Å². The normalized spacial score (nSPS) is 18.8. The molecule has 0 aliphatic carbocycles. The molecule has 1 heterocycles. The Labute approximate surface area is 184 Å². The van der Waals surface area contributed by atoms with E-state index in [1.807, 2.05) is 18.7 Å². The van der Waals surface area contributed by atoms with E-state index in [1.165, 1.54) is 31.4 Å². The Hall–Kier alpha value is -3.20. The van der Waals surface area contributed by atoms with E-state index >= 15 is 0 Å². The Morgan fingerprint density at radius 2 is 1.94 bits per heavy atom. The van der Waals surface area contributed by atoms with Gasteiger partial charge < -0.3 is 24.4 Å². The van der Waals surface area contributed by atoms with Crippen molar-refractivity contribution < 1.29 is 32.2 Å². The molecule has 0 radical (unpaired) electrons. The average Bonchev–Trinajstić information content (AvgIpc) is 2.72. The fourth-order valence-corrected chi connectivity index (χ4v) is 3.61. The molecule has 1 saturated heterocycles. The molecule has 6 nitrogen and oxygen atoms in total. The lowest BCUT2D eigenvalue weighted by atomic mass is 10.1. The molecule has 172 valence electrons. The molecule has 1 aliphatic rings. The highest BCUT2D eigenvalue weighted by molar-refractivity contribution is 6.02. The number of carbonyl (C=O) groups is 1. The van der Waals surface area contributed by atoms with Crippen LogP contribution in [0.2, 0.25) is 0 Å². The van der Waals surface area contributed by atoms with Crippen LogP contribution in [-0.2, 0) is 9.53 Å². The Kier molecular flexibility index (Phi) is 7.63. The monoisotopic (exact) mass is 450 g/mol. The Balaban J connectivity index is 1.70. The SMILES string of the molecule is COc1cccc(/C=C/C(=O)Nc2ccc(N3CC(C)OC(C)C3)c(F)c2)c1OC(F)F. The molecule has 0 bridgehead atoms. The van der Waals surface area contributed by atoms with Gasteiger partial charge in [0.2, 0.25) is 5.91 Å². The fraction of sp³-hybridized carbons (Fsp3) is 0.348. The summed E-state index contributed by atoms with van der Waals surface area (Å²) in [6.45, 7) is 1.95. The second kappa shape index (κ2) is 10.4. The van der Waals surface area contributed by atoms with E-state index in [0.29, 0.717) is 18.8 Å². The van der Waals surface area contributed by atoms with Gasteiger partial charge in [0.05, 0.1) is 25.0 Å². The fourth-order valence-electron chi connectivity index (χ4n) is 3.61. The van der Waals surface area contributed by atoms with E-state index in [0.717, 1.165) is 6.08 Å². The summed E-state index contributed by atoms with van der Waals surface area (Å²) in [4.78, 5) is 14.2. The zero-order valence-corrected chi connectivity index (χ0v) is 18.0. The quantitative estimate of drug-likeness (QED) is 0.620. The van der Waals surface area contributed by atoms with Crippen LogP contribution in [0.5, 0.6) is 11.5 Å². The summed E-state index contributed by atoms with van der Waals surface area (Å²) in [7, 11) is 1.32. The number of nitrogens with one attached hydrogen (secondary N) is 1. The van der Waals surface area contributed by atoms with Gasteiger partial charge >= 0.3 is 6.61 Å². The number of halogens is 3. The minimum absolute atomic E-state index is 0.0155. The predicted octanol–water partition coefficient (Wildman–Crippen LogP) is 4.70. The summed E-state index contributed by atoms with van der Waals surface area (Å²) in [6.07, 6.45) is 2.43. The van der Waals surface area contributed by atoms with Gasteiger partial charge in [-0.1, -0.05) is 12.1 Å². The Bertz CT molecular complexity index is 974. The Morgan fingerprint density at radius 1 is 1.22 bits per heavy atom. The molecule has 0 saturated carbocycles. The predicted molar refractivity (Wildman–Crippen MR) is 116 cm³/mol. The van der Waals surface area contributed by atoms with E-state index in [2.05, 4.69) is 10.1 Å². The largest absolute Gasteiger partial charge is 0.493 e. The molecule has 1 amide bonds. The lowest BCUT2D eigenvalue weighted by molar-refractivity contribution is -0.111. The number of rotatable bonds is 7. The first kappa shape index (κ1) is 23.5. The highest BCUT2D eigenvalue weighted by atomic mass is 19.3. The summed E-state index contributed by atoms with van der Waals surface area (Å²) in [5.41, 5.74) is 0.938. The van der Waals surface area contributed by atoms with E-state index in [4.69, 9.17) is 9.47 Å². The average molecular weight is 450 g/mol. The van der Waals surface area contributed by atoms with Crippen molar-refractivity contribution in [3.05, 3.63) is 53.9 Å². The highest BCUT2D eigenvalue weighted by Gasteiger charge is 2.24. The van der Waals surface area contributed by atoms with E-state index in [1.54, 1.807) is 18.2 Å². The van der Waals surface area contributed by atoms with Crippen molar-refractivity contribution in [1.29, 1.82) is 0 Å². The van der Waals surface area contributed by atoms with Gasteiger partial charge in [-0.3, -0.25) is 4.79 Å². The summed E-state index contributed by atoms with van der Waals surface area (Å²) in [5, 5.41) is 2.56. The van der Waals surface area contributed by atoms with E-state index in [-0.39, 0.29) is 35.0 Å². The van der Waals surface area contributed by atoms with E-state index < -0.39 is 18.3 Å². The zero-order valence-electron chi connectivity index (χ0n) is 18.0. The van der Waals surface area contributed by atoms with Crippen LogP contribution in [0.25, 0.3) is 6.08 Å². The van der Waals surface area contributed by atoms with Gasteiger partial charge in [0.1, 0.15) is 5.82 Å². The third-order valence-corrected chi connectivity index (χ3v) is 4.83. The van der Waals surface area contributed by atoms with Crippen molar-refractivity contribution in [1.82, 2.24) is 0 Å². The van der Waals surface area contributed by atoms with Gasteiger partial charge in [-0.15, -0.1) is 0 Å². The molecule has 2 aromatic rings. The van der Waals surface area contributed by atoms with Crippen LogP contribution in [0.4, 0.5) is 24.5 Å². The van der Waals surface area contributed by atoms with Gasteiger partial charge in [-0.2, -0.15) is 8.78 Å². The molecule has 1 fully saturated rings. The van der Waals surface area contributed by atoms with Crippen molar-refractivity contribution in [2.75, 3.05) is 30.4 Å². The topological polar surface area (TPSA) is 60.0 Å². The molecular formula is C23H25F3N2O4.